The Hall–Kier alpha value is -0.570. The van der Waals surface area contributed by atoms with Crippen LogP contribution in [0.1, 0.15) is 33.6 Å². The van der Waals surface area contributed by atoms with Crippen molar-refractivity contribution in [3.8, 4) is 0 Å². The Morgan fingerprint density at radius 3 is 2.62 bits per heavy atom. The number of nitrogens with two attached hydrogens (primary N) is 1. The van der Waals surface area contributed by atoms with E-state index in [9.17, 15) is 4.79 Å². The van der Waals surface area contributed by atoms with Gasteiger partial charge in [-0.25, -0.2) is 0 Å². The van der Waals surface area contributed by atoms with E-state index < -0.39 is 0 Å². The fourth-order valence-corrected chi connectivity index (χ4v) is 1.92. The third kappa shape index (κ3) is 2.02. The van der Waals surface area contributed by atoms with Gasteiger partial charge in [-0.3, -0.25) is 4.79 Å². The maximum atomic E-state index is 11.8. The molecule has 2 unspecified atom stereocenters. The third-order valence-corrected chi connectivity index (χ3v) is 2.89. The lowest BCUT2D eigenvalue weighted by molar-refractivity contribution is -0.132. The van der Waals surface area contributed by atoms with Crippen LogP contribution in [0.4, 0.5) is 0 Å². The Morgan fingerprint density at radius 1 is 1.62 bits per heavy atom. The molecule has 3 nitrogen and oxygen atoms in total. The molecule has 2 atom stereocenters. The van der Waals surface area contributed by atoms with Gasteiger partial charge in [0.15, 0.2) is 0 Å². The lowest BCUT2D eigenvalue weighted by Gasteiger charge is -2.22. The van der Waals surface area contributed by atoms with Crippen LogP contribution < -0.4 is 5.73 Å². The minimum Gasteiger partial charge on any atom is -0.340 e. The summed E-state index contributed by atoms with van der Waals surface area (Å²) in [5.41, 5.74) is 5.88. The summed E-state index contributed by atoms with van der Waals surface area (Å²) >= 11 is 0. The van der Waals surface area contributed by atoms with Crippen LogP contribution in [0.3, 0.4) is 0 Å². The lowest BCUT2D eigenvalue weighted by Crippen LogP contribution is -2.39. The summed E-state index contributed by atoms with van der Waals surface area (Å²) in [6, 6.07) is 0.373. The van der Waals surface area contributed by atoms with E-state index in [0.717, 1.165) is 19.4 Å². The van der Waals surface area contributed by atoms with Crippen LogP contribution in [0.15, 0.2) is 0 Å². The molecular formula is C10H20N2O. The van der Waals surface area contributed by atoms with E-state index in [2.05, 4.69) is 13.8 Å². The second-order valence-electron chi connectivity index (χ2n) is 4.09. The zero-order chi connectivity index (χ0) is 10.0. The van der Waals surface area contributed by atoms with Crippen molar-refractivity contribution in [3.05, 3.63) is 0 Å². The molecule has 0 aromatic carbocycles. The van der Waals surface area contributed by atoms with E-state index in [-0.39, 0.29) is 17.9 Å². The molecule has 76 valence electrons. The minimum absolute atomic E-state index is 0.0521. The number of carbonyl (C=O) groups is 1. The van der Waals surface area contributed by atoms with E-state index >= 15 is 0 Å². The number of hydrogen-bond acceptors (Lipinski definition) is 2. The SMILES string of the molecule is CCC(N)C1CCN(C(C)C)C1=O. The molecule has 1 fully saturated rings. The van der Waals surface area contributed by atoms with Gasteiger partial charge in [0.1, 0.15) is 0 Å². The smallest absolute Gasteiger partial charge is 0.227 e. The molecule has 3 heteroatoms. The molecular weight excluding hydrogens is 164 g/mol. The first-order chi connectivity index (χ1) is 6.07. The quantitative estimate of drug-likeness (QED) is 0.710. The first-order valence-electron chi connectivity index (χ1n) is 5.14. The summed E-state index contributed by atoms with van der Waals surface area (Å²) in [5.74, 6) is 0.330. The molecule has 0 bridgehead atoms. The monoisotopic (exact) mass is 184 g/mol. The molecule has 0 saturated carbocycles. The Labute approximate surface area is 80.3 Å². The average molecular weight is 184 g/mol. The Balaban J connectivity index is 2.60. The fraction of sp³-hybridized carbons (Fsp3) is 0.900. The van der Waals surface area contributed by atoms with Crippen molar-refractivity contribution < 1.29 is 4.79 Å². The maximum Gasteiger partial charge on any atom is 0.227 e. The van der Waals surface area contributed by atoms with Gasteiger partial charge in [-0.15, -0.1) is 0 Å². The normalized spacial score (nSPS) is 25.8. The van der Waals surface area contributed by atoms with Gasteiger partial charge in [-0.05, 0) is 26.7 Å². The molecule has 0 radical (unpaired) electrons. The van der Waals surface area contributed by atoms with Gasteiger partial charge < -0.3 is 10.6 Å². The molecule has 1 heterocycles. The van der Waals surface area contributed by atoms with Gasteiger partial charge >= 0.3 is 0 Å². The summed E-state index contributed by atoms with van der Waals surface area (Å²) in [5, 5.41) is 0. The maximum absolute atomic E-state index is 11.8. The molecule has 0 aliphatic carbocycles. The molecule has 1 aliphatic rings. The van der Waals surface area contributed by atoms with Crippen molar-refractivity contribution in [1.29, 1.82) is 0 Å². The van der Waals surface area contributed by atoms with Gasteiger partial charge in [-0.2, -0.15) is 0 Å². The predicted molar refractivity (Wildman–Crippen MR) is 53.2 cm³/mol. The Bertz CT molecular complexity index is 191. The molecule has 1 amide bonds. The second-order valence-corrected chi connectivity index (χ2v) is 4.09. The summed E-state index contributed by atoms with van der Waals surface area (Å²) in [7, 11) is 0. The standard InChI is InChI=1S/C10H20N2O/c1-4-9(11)8-5-6-12(7(2)3)10(8)13/h7-9H,4-6,11H2,1-3H3. The highest BCUT2D eigenvalue weighted by molar-refractivity contribution is 5.81. The zero-order valence-corrected chi connectivity index (χ0v) is 8.79. The molecule has 1 rings (SSSR count). The van der Waals surface area contributed by atoms with Crippen LogP contribution in [0.2, 0.25) is 0 Å². The van der Waals surface area contributed by atoms with Gasteiger partial charge in [0.25, 0.3) is 0 Å². The molecule has 0 spiro atoms. The van der Waals surface area contributed by atoms with Gasteiger partial charge in [0, 0.05) is 18.6 Å². The van der Waals surface area contributed by atoms with E-state index in [1.165, 1.54) is 0 Å². The van der Waals surface area contributed by atoms with Gasteiger partial charge in [0.2, 0.25) is 5.91 Å². The highest BCUT2D eigenvalue weighted by Gasteiger charge is 2.35. The lowest BCUT2D eigenvalue weighted by atomic mass is 9.97. The number of carbonyl (C=O) groups excluding carboxylic acids is 1. The molecule has 1 aliphatic heterocycles. The summed E-state index contributed by atoms with van der Waals surface area (Å²) in [6.45, 7) is 7.03. The number of nitrogens with zero attached hydrogens (tertiary/aromatic N) is 1. The summed E-state index contributed by atoms with van der Waals surface area (Å²) in [4.78, 5) is 13.7. The molecule has 1 saturated heterocycles. The first-order valence-corrected chi connectivity index (χ1v) is 5.14. The van der Waals surface area contributed by atoms with Crippen LogP contribution in [-0.4, -0.2) is 29.4 Å². The topological polar surface area (TPSA) is 46.3 Å². The van der Waals surface area contributed by atoms with Crippen molar-refractivity contribution in [3.63, 3.8) is 0 Å². The minimum atomic E-state index is 0.0521. The van der Waals surface area contributed by atoms with Crippen LogP contribution in [0.25, 0.3) is 0 Å². The van der Waals surface area contributed by atoms with Crippen LogP contribution in [0.5, 0.6) is 0 Å². The van der Waals surface area contributed by atoms with Crippen LogP contribution in [-0.2, 0) is 4.79 Å². The number of amides is 1. The van der Waals surface area contributed by atoms with Crippen molar-refractivity contribution in [2.24, 2.45) is 11.7 Å². The van der Waals surface area contributed by atoms with Gasteiger partial charge in [0.05, 0.1) is 5.92 Å². The van der Waals surface area contributed by atoms with E-state index in [4.69, 9.17) is 5.73 Å². The van der Waals surface area contributed by atoms with Crippen molar-refractivity contribution in [2.45, 2.75) is 45.7 Å². The molecule has 2 N–H and O–H groups in total. The Kier molecular flexibility index (Phi) is 3.31. The predicted octanol–water partition coefficient (Wildman–Crippen LogP) is 0.981. The highest BCUT2D eigenvalue weighted by atomic mass is 16.2. The molecule has 0 aromatic heterocycles. The number of hydrogen-bond donors (Lipinski definition) is 1. The zero-order valence-electron chi connectivity index (χ0n) is 8.79. The second kappa shape index (κ2) is 4.09. The van der Waals surface area contributed by atoms with E-state index in [1.54, 1.807) is 0 Å². The van der Waals surface area contributed by atoms with Crippen LogP contribution in [0, 0.1) is 5.92 Å². The molecule has 13 heavy (non-hydrogen) atoms. The van der Waals surface area contributed by atoms with Crippen molar-refractivity contribution >= 4 is 5.91 Å². The van der Waals surface area contributed by atoms with Crippen molar-refractivity contribution in [1.82, 2.24) is 4.90 Å². The fourth-order valence-electron chi connectivity index (χ4n) is 1.92. The third-order valence-electron chi connectivity index (χ3n) is 2.89. The largest absolute Gasteiger partial charge is 0.340 e. The average Bonchev–Trinajstić information content (AvgIpc) is 2.46. The van der Waals surface area contributed by atoms with Gasteiger partial charge in [-0.1, -0.05) is 6.92 Å². The summed E-state index contributed by atoms with van der Waals surface area (Å²) in [6.07, 6.45) is 1.83. The van der Waals surface area contributed by atoms with E-state index in [1.807, 2.05) is 11.8 Å². The van der Waals surface area contributed by atoms with E-state index in [0.29, 0.717) is 6.04 Å². The van der Waals surface area contributed by atoms with Crippen LogP contribution >= 0.6 is 0 Å². The first kappa shape index (κ1) is 10.5. The summed E-state index contributed by atoms with van der Waals surface area (Å²) < 4.78 is 0. The number of likely N-dealkylation sites (tertiary alicyclic amines) is 1. The van der Waals surface area contributed by atoms with Crippen molar-refractivity contribution in [2.75, 3.05) is 6.54 Å². The Morgan fingerprint density at radius 2 is 2.23 bits per heavy atom. The molecule has 0 aromatic rings. The number of rotatable bonds is 3. The highest BCUT2D eigenvalue weighted by Crippen LogP contribution is 2.23.